The number of carbonyl (C=O) groups excluding carboxylic acids is 1. The van der Waals surface area contributed by atoms with Crippen LogP contribution in [0.5, 0.6) is 0 Å². The second kappa shape index (κ2) is 8.50. The molecule has 2 unspecified atom stereocenters. The van der Waals surface area contributed by atoms with E-state index < -0.39 is 0 Å². The van der Waals surface area contributed by atoms with E-state index in [1.807, 2.05) is 19.2 Å². The molecule has 3 nitrogen and oxygen atoms in total. The molecule has 1 amide bonds. The number of thiophene rings is 1. The van der Waals surface area contributed by atoms with Crippen molar-refractivity contribution in [3.63, 3.8) is 0 Å². The van der Waals surface area contributed by atoms with Crippen LogP contribution in [-0.2, 0) is 11.2 Å². The Morgan fingerprint density at radius 2 is 2.29 bits per heavy atom. The zero-order chi connectivity index (χ0) is 12.0. The highest BCUT2D eigenvalue weighted by molar-refractivity contribution is 7.07. The van der Waals surface area contributed by atoms with E-state index in [1.54, 1.807) is 11.3 Å². The molecular formula is C12H21ClN2OS. The van der Waals surface area contributed by atoms with E-state index >= 15 is 0 Å². The van der Waals surface area contributed by atoms with Gasteiger partial charge < -0.3 is 11.1 Å². The van der Waals surface area contributed by atoms with Gasteiger partial charge >= 0.3 is 0 Å². The predicted molar refractivity (Wildman–Crippen MR) is 75.7 cm³/mol. The second-order valence-electron chi connectivity index (χ2n) is 4.08. The molecular weight excluding hydrogens is 256 g/mol. The van der Waals surface area contributed by atoms with Crippen LogP contribution >= 0.6 is 23.7 Å². The number of hydrogen-bond acceptors (Lipinski definition) is 3. The highest BCUT2D eigenvalue weighted by atomic mass is 35.5. The molecule has 0 saturated heterocycles. The van der Waals surface area contributed by atoms with Crippen molar-refractivity contribution in [2.45, 2.75) is 32.7 Å². The van der Waals surface area contributed by atoms with Gasteiger partial charge in [-0.1, -0.05) is 20.3 Å². The van der Waals surface area contributed by atoms with Crippen molar-refractivity contribution in [2.24, 2.45) is 11.7 Å². The number of nitrogens with two attached hydrogens (primary N) is 1. The maximum atomic E-state index is 11.6. The molecule has 0 fully saturated rings. The Balaban J connectivity index is 0.00000256. The minimum Gasteiger partial charge on any atom is -0.354 e. The highest BCUT2D eigenvalue weighted by Gasteiger charge is 2.18. The van der Waals surface area contributed by atoms with Crippen molar-refractivity contribution in [2.75, 3.05) is 6.54 Å². The second-order valence-corrected chi connectivity index (χ2v) is 4.86. The van der Waals surface area contributed by atoms with Gasteiger partial charge in [-0.15, -0.1) is 12.4 Å². The minimum atomic E-state index is -0.382. The van der Waals surface area contributed by atoms with Gasteiger partial charge in [0.25, 0.3) is 0 Å². The quantitative estimate of drug-likeness (QED) is 0.837. The van der Waals surface area contributed by atoms with Crippen LogP contribution in [-0.4, -0.2) is 18.5 Å². The standard InChI is InChI=1S/C12H20N2OS.ClH/c1-3-9(2)11(13)12(15)14-6-4-10-5-7-16-8-10;/h5,7-9,11H,3-4,6,13H2,1-2H3,(H,14,15);1H. The van der Waals surface area contributed by atoms with Crippen molar-refractivity contribution in [1.82, 2.24) is 5.32 Å². The van der Waals surface area contributed by atoms with Crippen LogP contribution in [0.25, 0.3) is 0 Å². The number of hydrogen-bond donors (Lipinski definition) is 2. The summed E-state index contributed by atoms with van der Waals surface area (Å²) in [5.41, 5.74) is 7.09. The Morgan fingerprint density at radius 3 is 2.82 bits per heavy atom. The van der Waals surface area contributed by atoms with Gasteiger partial charge in [0.15, 0.2) is 0 Å². The molecule has 0 bridgehead atoms. The topological polar surface area (TPSA) is 55.1 Å². The Bertz CT molecular complexity index is 316. The Morgan fingerprint density at radius 1 is 1.59 bits per heavy atom. The van der Waals surface area contributed by atoms with Crippen LogP contribution in [0.3, 0.4) is 0 Å². The molecule has 1 heterocycles. The molecule has 2 atom stereocenters. The fourth-order valence-corrected chi connectivity index (χ4v) is 2.10. The smallest absolute Gasteiger partial charge is 0.237 e. The molecule has 5 heteroatoms. The number of carbonyl (C=O) groups is 1. The lowest BCUT2D eigenvalue weighted by molar-refractivity contribution is -0.123. The lowest BCUT2D eigenvalue weighted by Gasteiger charge is -2.17. The number of amides is 1. The van der Waals surface area contributed by atoms with E-state index in [9.17, 15) is 4.79 Å². The van der Waals surface area contributed by atoms with Crippen molar-refractivity contribution in [3.8, 4) is 0 Å². The maximum Gasteiger partial charge on any atom is 0.237 e. The molecule has 0 aromatic carbocycles. The largest absolute Gasteiger partial charge is 0.354 e. The van der Waals surface area contributed by atoms with Crippen LogP contribution in [0.15, 0.2) is 16.8 Å². The summed E-state index contributed by atoms with van der Waals surface area (Å²) in [5.74, 6) is 0.200. The molecule has 1 aromatic rings. The summed E-state index contributed by atoms with van der Waals surface area (Å²) in [7, 11) is 0. The summed E-state index contributed by atoms with van der Waals surface area (Å²) in [4.78, 5) is 11.6. The van der Waals surface area contributed by atoms with Crippen LogP contribution in [0.4, 0.5) is 0 Å². The fraction of sp³-hybridized carbons (Fsp3) is 0.583. The van der Waals surface area contributed by atoms with Gasteiger partial charge in [0.05, 0.1) is 6.04 Å². The van der Waals surface area contributed by atoms with Crippen molar-refractivity contribution in [1.29, 1.82) is 0 Å². The summed E-state index contributed by atoms with van der Waals surface area (Å²) >= 11 is 1.68. The van der Waals surface area contributed by atoms with E-state index in [-0.39, 0.29) is 30.3 Å². The van der Waals surface area contributed by atoms with E-state index in [2.05, 4.69) is 16.8 Å². The zero-order valence-corrected chi connectivity index (χ0v) is 11.9. The third-order valence-electron chi connectivity index (χ3n) is 2.85. The molecule has 98 valence electrons. The summed E-state index contributed by atoms with van der Waals surface area (Å²) in [5, 5.41) is 7.02. The number of nitrogens with one attached hydrogen (secondary N) is 1. The van der Waals surface area contributed by atoms with Crippen molar-refractivity contribution in [3.05, 3.63) is 22.4 Å². The Kier molecular flexibility index (Phi) is 8.21. The van der Waals surface area contributed by atoms with Crippen LogP contribution in [0.1, 0.15) is 25.8 Å². The van der Waals surface area contributed by atoms with Crippen molar-refractivity contribution >= 4 is 29.7 Å². The first-order valence-electron chi connectivity index (χ1n) is 5.69. The van der Waals surface area contributed by atoms with Crippen LogP contribution < -0.4 is 11.1 Å². The van der Waals surface area contributed by atoms with Gasteiger partial charge in [0.1, 0.15) is 0 Å². The van der Waals surface area contributed by atoms with E-state index in [1.165, 1.54) is 5.56 Å². The SMILES string of the molecule is CCC(C)C(N)C(=O)NCCc1ccsc1.Cl. The molecule has 0 aliphatic heterocycles. The van der Waals surface area contributed by atoms with Crippen LogP contribution in [0, 0.1) is 5.92 Å². The fourth-order valence-electron chi connectivity index (χ4n) is 1.40. The molecule has 3 N–H and O–H groups in total. The van der Waals surface area contributed by atoms with E-state index in [4.69, 9.17) is 5.73 Å². The van der Waals surface area contributed by atoms with E-state index in [0.29, 0.717) is 6.54 Å². The van der Waals surface area contributed by atoms with Gasteiger partial charge in [-0.25, -0.2) is 0 Å². The molecule has 0 saturated carbocycles. The van der Waals surface area contributed by atoms with Gasteiger partial charge in [-0.05, 0) is 34.7 Å². The van der Waals surface area contributed by atoms with Gasteiger partial charge in [0.2, 0.25) is 5.91 Å². The third kappa shape index (κ3) is 5.52. The molecule has 0 radical (unpaired) electrons. The summed E-state index contributed by atoms with van der Waals surface area (Å²) < 4.78 is 0. The molecule has 1 aromatic heterocycles. The predicted octanol–water partition coefficient (Wildman–Crippen LogP) is 2.20. The first kappa shape index (κ1) is 16.4. The van der Waals surface area contributed by atoms with Gasteiger partial charge in [0, 0.05) is 6.54 Å². The molecule has 1 rings (SSSR count). The number of rotatable bonds is 6. The maximum absolute atomic E-state index is 11.6. The molecule has 17 heavy (non-hydrogen) atoms. The van der Waals surface area contributed by atoms with Gasteiger partial charge in [-0.2, -0.15) is 11.3 Å². The summed E-state index contributed by atoms with van der Waals surface area (Å²) in [6.45, 7) is 4.71. The van der Waals surface area contributed by atoms with E-state index in [0.717, 1.165) is 12.8 Å². The van der Waals surface area contributed by atoms with Gasteiger partial charge in [-0.3, -0.25) is 4.79 Å². The average molecular weight is 277 g/mol. The first-order chi connectivity index (χ1) is 7.65. The Labute approximate surface area is 113 Å². The minimum absolute atomic E-state index is 0. The third-order valence-corrected chi connectivity index (χ3v) is 3.58. The zero-order valence-electron chi connectivity index (χ0n) is 10.3. The van der Waals surface area contributed by atoms with Crippen molar-refractivity contribution < 1.29 is 4.79 Å². The first-order valence-corrected chi connectivity index (χ1v) is 6.63. The lowest BCUT2D eigenvalue weighted by Crippen LogP contribution is -2.45. The summed E-state index contributed by atoms with van der Waals surface area (Å²) in [6, 6.07) is 1.69. The number of halogens is 1. The molecule has 0 aliphatic carbocycles. The lowest BCUT2D eigenvalue weighted by atomic mass is 9.99. The molecule has 0 spiro atoms. The highest BCUT2D eigenvalue weighted by Crippen LogP contribution is 2.07. The molecule has 0 aliphatic rings. The monoisotopic (exact) mass is 276 g/mol. The average Bonchev–Trinajstić information content (AvgIpc) is 2.79. The summed E-state index contributed by atoms with van der Waals surface area (Å²) in [6.07, 6.45) is 1.81. The normalized spacial score (nSPS) is 13.6. The Hall–Kier alpha value is -0.580. The van der Waals surface area contributed by atoms with Crippen LogP contribution in [0.2, 0.25) is 0 Å².